The summed E-state index contributed by atoms with van der Waals surface area (Å²) in [5.41, 5.74) is -0.360. The molecule has 4 rings (SSSR count). The quantitative estimate of drug-likeness (QED) is 0.415. The van der Waals surface area contributed by atoms with E-state index in [2.05, 4.69) is 15.2 Å². The van der Waals surface area contributed by atoms with Crippen LogP contribution in [-0.4, -0.2) is 75.9 Å². The van der Waals surface area contributed by atoms with Crippen LogP contribution in [0.15, 0.2) is 43.0 Å². The summed E-state index contributed by atoms with van der Waals surface area (Å²) < 4.78 is 12.1. The molecule has 0 saturated carbocycles. The van der Waals surface area contributed by atoms with Gasteiger partial charge in [0.05, 0.1) is 25.2 Å². The fourth-order valence-electron chi connectivity index (χ4n) is 3.52. The normalized spacial score (nSPS) is 13.7. The summed E-state index contributed by atoms with van der Waals surface area (Å²) in [6.07, 6.45) is 5.08. The number of rotatable bonds is 6. The first kappa shape index (κ1) is 21.0. The number of carbonyl (C=O) groups is 1. The van der Waals surface area contributed by atoms with Gasteiger partial charge < -0.3 is 19.3 Å². The van der Waals surface area contributed by atoms with Crippen molar-refractivity contribution >= 4 is 17.4 Å². The minimum atomic E-state index is -0.594. The minimum absolute atomic E-state index is 0.0365. The summed E-state index contributed by atoms with van der Waals surface area (Å²) >= 11 is 0. The second-order valence-corrected chi connectivity index (χ2v) is 6.98. The molecule has 12 nitrogen and oxygen atoms in total. The van der Waals surface area contributed by atoms with E-state index in [-0.39, 0.29) is 22.7 Å². The van der Waals surface area contributed by atoms with E-state index in [1.807, 2.05) is 17.0 Å². The van der Waals surface area contributed by atoms with Crippen molar-refractivity contribution < 1.29 is 19.2 Å². The maximum absolute atomic E-state index is 13.1. The number of nitro benzene ring substituents is 1. The third kappa shape index (κ3) is 4.02. The Kier molecular flexibility index (Phi) is 5.83. The van der Waals surface area contributed by atoms with Crippen molar-refractivity contribution in [2.45, 2.75) is 0 Å². The topological polar surface area (TPSA) is 129 Å². The van der Waals surface area contributed by atoms with Gasteiger partial charge in [-0.05, 0) is 12.1 Å². The predicted molar refractivity (Wildman–Crippen MR) is 113 cm³/mol. The number of ether oxygens (including phenoxy) is 2. The first-order chi connectivity index (χ1) is 15.5. The van der Waals surface area contributed by atoms with E-state index >= 15 is 0 Å². The summed E-state index contributed by atoms with van der Waals surface area (Å²) in [5, 5.41) is 20.0. The van der Waals surface area contributed by atoms with Crippen LogP contribution in [0.1, 0.15) is 10.4 Å². The van der Waals surface area contributed by atoms with Crippen LogP contribution in [0.2, 0.25) is 0 Å². The molecule has 1 aliphatic rings. The van der Waals surface area contributed by atoms with Gasteiger partial charge >= 0.3 is 0 Å². The Morgan fingerprint density at radius 1 is 1.03 bits per heavy atom. The van der Waals surface area contributed by atoms with Crippen LogP contribution < -0.4 is 14.4 Å². The molecule has 12 heteroatoms. The number of anilines is 1. The number of amides is 1. The molecule has 0 atom stereocenters. The first-order valence-electron chi connectivity index (χ1n) is 9.78. The molecule has 1 saturated heterocycles. The third-order valence-electron chi connectivity index (χ3n) is 5.23. The molecule has 0 spiro atoms. The SMILES string of the molecule is COc1cc(C(=O)N2CCN(c3ccc(-n4ccnc4)nn3)CC2)c([N+](=O)[O-])cc1OC. The Morgan fingerprint density at radius 3 is 2.25 bits per heavy atom. The molecule has 1 amide bonds. The van der Waals surface area contributed by atoms with Gasteiger partial charge in [-0.3, -0.25) is 19.5 Å². The van der Waals surface area contributed by atoms with Crippen molar-refractivity contribution in [1.82, 2.24) is 24.6 Å². The monoisotopic (exact) mass is 439 g/mol. The van der Waals surface area contributed by atoms with Crippen molar-refractivity contribution in [3.05, 3.63) is 58.7 Å². The van der Waals surface area contributed by atoms with E-state index < -0.39 is 10.8 Å². The molecule has 0 bridgehead atoms. The molecule has 1 fully saturated rings. The maximum Gasteiger partial charge on any atom is 0.286 e. The van der Waals surface area contributed by atoms with Crippen molar-refractivity contribution in [1.29, 1.82) is 0 Å². The highest BCUT2D eigenvalue weighted by molar-refractivity contribution is 5.99. The van der Waals surface area contributed by atoms with Gasteiger partial charge in [-0.2, -0.15) is 0 Å². The number of nitro groups is 1. The lowest BCUT2D eigenvalue weighted by atomic mass is 10.1. The Hall–Kier alpha value is -4.22. The van der Waals surface area contributed by atoms with E-state index in [1.54, 1.807) is 28.2 Å². The molecule has 32 heavy (non-hydrogen) atoms. The zero-order chi connectivity index (χ0) is 22.7. The number of aromatic nitrogens is 4. The van der Waals surface area contributed by atoms with Gasteiger partial charge in [0.1, 0.15) is 11.9 Å². The highest BCUT2D eigenvalue weighted by Crippen LogP contribution is 2.35. The van der Waals surface area contributed by atoms with Gasteiger partial charge in [-0.15, -0.1) is 10.2 Å². The molecule has 0 N–H and O–H groups in total. The van der Waals surface area contributed by atoms with Crippen LogP contribution >= 0.6 is 0 Å². The van der Waals surface area contributed by atoms with Crippen LogP contribution in [0.25, 0.3) is 5.82 Å². The molecule has 0 unspecified atom stereocenters. The van der Waals surface area contributed by atoms with Crippen molar-refractivity contribution in [3.63, 3.8) is 0 Å². The smallest absolute Gasteiger partial charge is 0.286 e. The summed E-state index contributed by atoms with van der Waals surface area (Å²) in [4.78, 5) is 31.6. The Morgan fingerprint density at radius 2 is 1.69 bits per heavy atom. The summed E-state index contributed by atoms with van der Waals surface area (Å²) in [6, 6.07) is 6.26. The standard InChI is InChI=1S/C20H21N7O5/c1-31-16-11-14(15(27(29)30)12-17(16)32-2)20(28)25-9-7-24(8-10-25)18-3-4-19(23-22-18)26-6-5-21-13-26/h3-6,11-13H,7-10H2,1-2H3. The molecular formula is C20H21N7O5. The third-order valence-corrected chi connectivity index (χ3v) is 5.23. The summed E-state index contributed by atoms with van der Waals surface area (Å²) in [5.74, 6) is 1.37. The molecule has 3 heterocycles. The molecule has 1 aliphatic heterocycles. The van der Waals surface area contributed by atoms with Crippen LogP contribution in [0.5, 0.6) is 11.5 Å². The van der Waals surface area contributed by atoms with Gasteiger partial charge in [0.25, 0.3) is 11.6 Å². The zero-order valence-electron chi connectivity index (χ0n) is 17.5. The van der Waals surface area contributed by atoms with E-state index in [4.69, 9.17) is 9.47 Å². The Balaban J connectivity index is 1.47. The van der Waals surface area contributed by atoms with Gasteiger partial charge in [-0.1, -0.05) is 0 Å². The number of methoxy groups -OCH3 is 2. The van der Waals surface area contributed by atoms with E-state index in [0.29, 0.717) is 37.8 Å². The average Bonchev–Trinajstić information content (AvgIpc) is 3.38. The molecule has 2 aromatic heterocycles. The first-order valence-corrected chi connectivity index (χ1v) is 9.78. The highest BCUT2D eigenvalue weighted by atomic mass is 16.6. The molecule has 1 aromatic carbocycles. The zero-order valence-corrected chi connectivity index (χ0v) is 17.5. The van der Waals surface area contributed by atoms with Crippen LogP contribution in [0.3, 0.4) is 0 Å². The number of nitrogens with zero attached hydrogens (tertiary/aromatic N) is 7. The summed E-state index contributed by atoms with van der Waals surface area (Å²) in [7, 11) is 2.79. The highest BCUT2D eigenvalue weighted by Gasteiger charge is 2.30. The van der Waals surface area contributed by atoms with Crippen molar-refractivity contribution in [3.8, 4) is 17.3 Å². The van der Waals surface area contributed by atoms with Crippen molar-refractivity contribution in [2.24, 2.45) is 0 Å². The van der Waals surface area contributed by atoms with Crippen LogP contribution in [-0.2, 0) is 0 Å². The van der Waals surface area contributed by atoms with Crippen LogP contribution in [0, 0.1) is 10.1 Å². The number of piperazine rings is 1. The Bertz CT molecular complexity index is 1110. The van der Waals surface area contributed by atoms with Gasteiger partial charge in [0, 0.05) is 44.6 Å². The fraction of sp³-hybridized carbons (Fsp3) is 0.300. The molecule has 3 aromatic rings. The predicted octanol–water partition coefficient (Wildman–Crippen LogP) is 1.55. The Labute approximate surface area is 183 Å². The fourth-order valence-corrected chi connectivity index (χ4v) is 3.52. The second-order valence-electron chi connectivity index (χ2n) is 6.98. The summed E-state index contributed by atoms with van der Waals surface area (Å²) in [6.45, 7) is 1.81. The lowest BCUT2D eigenvalue weighted by molar-refractivity contribution is -0.385. The van der Waals surface area contributed by atoms with Gasteiger partial charge in [0.2, 0.25) is 0 Å². The van der Waals surface area contributed by atoms with Crippen molar-refractivity contribution in [2.75, 3.05) is 45.3 Å². The largest absolute Gasteiger partial charge is 0.493 e. The number of benzene rings is 1. The average molecular weight is 439 g/mol. The van der Waals surface area contributed by atoms with E-state index in [1.165, 1.54) is 26.4 Å². The number of hydrogen-bond donors (Lipinski definition) is 0. The molecule has 0 radical (unpaired) electrons. The van der Waals surface area contributed by atoms with Crippen LogP contribution in [0.4, 0.5) is 11.5 Å². The molecule has 0 aliphatic carbocycles. The van der Waals surface area contributed by atoms with E-state index in [9.17, 15) is 14.9 Å². The number of hydrogen-bond acceptors (Lipinski definition) is 9. The lowest BCUT2D eigenvalue weighted by Crippen LogP contribution is -2.49. The minimum Gasteiger partial charge on any atom is -0.493 e. The van der Waals surface area contributed by atoms with E-state index in [0.717, 1.165) is 0 Å². The van der Waals surface area contributed by atoms with Gasteiger partial charge in [0.15, 0.2) is 23.1 Å². The maximum atomic E-state index is 13.1. The molecular weight excluding hydrogens is 418 g/mol. The van der Waals surface area contributed by atoms with Gasteiger partial charge in [-0.25, -0.2) is 4.98 Å². The number of imidazole rings is 1. The second kappa shape index (κ2) is 8.88. The number of carbonyl (C=O) groups excluding carboxylic acids is 1. The molecule has 166 valence electrons. The lowest BCUT2D eigenvalue weighted by Gasteiger charge is -2.35.